The maximum atomic E-state index is 9.96. The van der Waals surface area contributed by atoms with Gasteiger partial charge in [-0.05, 0) is 5.92 Å². The Morgan fingerprint density at radius 3 is 2.47 bits per heavy atom. The van der Waals surface area contributed by atoms with Crippen LogP contribution in [-0.2, 0) is 14.2 Å². The summed E-state index contributed by atoms with van der Waals surface area (Å²) in [5, 5.41) is 9.96. The summed E-state index contributed by atoms with van der Waals surface area (Å²) in [7, 11) is 5.09. The Morgan fingerprint density at radius 2 is 2.07 bits per heavy atom. The largest absolute Gasteiger partial charge is 0.388 e. The SMILES string of the molecule is B[C@@H]1O[C@@](COC)(C(C)C)[C@@H](OC)[C@H]1O. The molecule has 1 heterocycles. The second-order valence-electron chi connectivity index (χ2n) is 4.51. The van der Waals surface area contributed by atoms with Gasteiger partial charge in [-0.15, -0.1) is 0 Å². The molecule has 15 heavy (non-hydrogen) atoms. The molecule has 1 fully saturated rings. The molecule has 5 heteroatoms. The van der Waals surface area contributed by atoms with Crippen molar-refractivity contribution in [2.24, 2.45) is 5.92 Å². The smallest absolute Gasteiger partial charge is 0.142 e. The zero-order chi connectivity index (χ0) is 11.6. The van der Waals surface area contributed by atoms with E-state index in [0.29, 0.717) is 6.61 Å². The molecular weight excluding hydrogens is 195 g/mol. The zero-order valence-corrected chi connectivity index (χ0v) is 10.2. The van der Waals surface area contributed by atoms with Crippen LogP contribution in [0.3, 0.4) is 0 Å². The minimum absolute atomic E-state index is 0.215. The summed E-state index contributed by atoms with van der Waals surface area (Å²) in [6.45, 7) is 4.54. The van der Waals surface area contributed by atoms with Gasteiger partial charge in [0.05, 0.1) is 12.6 Å². The molecular formula is C10H21BO4. The minimum atomic E-state index is -0.590. The quantitative estimate of drug-likeness (QED) is 0.637. The third-order valence-electron chi connectivity index (χ3n) is 3.28. The van der Waals surface area contributed by atoms with Crippen LogP contribution in [0.15, 0.2) is 0 Å². The van der Waals surface area contributed by atoms with Crippen molar-refractivity contribution in [1.82, 2.24) is 0 Å². The van der Waals surface area contributed by atoms with Crippen molar-refractivity contribution in [3.05, 3.63) is 0 Å². The molecule has 0 saturated carbocycles. The van der Waals surface area contributed by atoms with Gasteiger partial charge >= 0.3 is 0 Å². The molecule has 1 rings (SSSR count). The number of rotatable bonds is 4. The lowest BCUT2D eigenvalue weighted by molar-refractivity contribution is -0.144. The molecule has 1 aliphatic heterocycles. The standard InChI is InChI=1S/C10H21BO4/c1-6(2)10(5-13-3)8(14-4)7(12)9(11)15-10/h6-9,12H,5,11H2,1-4H3/t7-,8+,9-,10+/m1/s1. The molecule has 0 unspecified atom stereocenters. The normalized spacial score (nSPS) is 41.3. The molecule has 4 nitrogen and oxygen atoms in total. The van der Waals surface area contributed by atoms with Gasteiger partial charge in [0, 0.05) is 14.2 Å². The van der Waals surface area contributed by atoms with E-state index in [9.17, 15) is 5.11 Å². The van der Waals surface area contributed by atoms with Gasteiger partial charge in [-0.1, -0.05) is 13.8 Å². The third-order valence-corrected chi connectivity index (χ3v) is 3.28. The molecule has 1 saturated heterocycles. The second-order valence-corrected chi connectivity index (χ2v) is 4.51. The summed E-state index contributed by atoms with van der Waals surface area (Å²) < 4.78 is 16.4. The highest BCUT2D eigenvalue weighted by Crippen LogP contribution is 2.38. The van der Waals surface area contributed by atoms with Crippen LogP contribution in [0, 0.1) is 5.92 Å². The highest BCUT2D eigenvalue weighted by molar-refractivity contribution is 6.11. The van der Waals surface area contributed by atoms with Crippen LogP contribution < -0.4 is 0 Å². The average molecular weight is 216 g/mol. The predicted octanol–water partition coefficient (Wildman–Crippen LogP) is -0.607. The summed E-state index contributed by atoms with van der Waals surface area (Å²) in [4.78, 5) is 0. The van der Waals surface area contributed by atoms with E-state index < -0.39 is 11.7 Å². The number of hydrogen-bond acceptors (Lipinski definition) is 4. The van der Waals surface area contributed by atoms with Gasteiger partial charge in [0.1, 0.15) is 25.7 Å². The van der Waals surface area contributed by atoms with Crippen molar-refractivity contribution < 1.29 is 19.3 Å². The van der Waals surface area contributed by atoms with Crippen LogP contribution in [0.2, 0.25) is 0 Å². The first-order chi connectivity index (χ1) is 6.99. The first-order valence-electron chi connectivity index (χ1n) is 5.37. The van der Waals surface area contributed by atoms with Crippen LogP contribution in [0.4, 0.5) is 0 Å². The van der Waals surface area contributed by atoms with E-state index in [1.807, 2.05) is 7.85 Å². The molecule has 0 aliphatic carbocycles. The maximum absolute atomic E-state index is 9.96. The highest BCUT2D eigenvalue weighted by atomic mass is 16.6. The minimum Gasteiger partial charge on any atom is -0.388 e. The van der Waals surface area contributed by atoms with Crippen LogP contribution in [0.5, 0.6) is 0 Å². The Kier molecular flexibility index (Phi) is 4.17. The van der Waals surface area contributed by atoms with Gasteiger partial charge in [0.2, 0.25) is 0 Å². The Balaban J connectivity index is 2.95. The molecule has 1 aliphatic rings. The summed E-state index contributed by atoms with van der Waals surface area (Å²) in [6, 6.07) is -0.215. The fraction of sp³-hybridized carbons (Fsp3) is 1.00. The molecule has 0 spiro atoms. The van der Waals surface area contributed by atoms with Crippen molar-refractivity contribution in [2.75, 3.05) is 20.8 Å². The Bertz CT molecular complexity index is 212. The number of aliphatic hydroxyl groups is 1. The third kappa shape index (κ3) is 2.06. The lowest BCUT2D eigenvalue weighted by Crippen LogP contribution is -2.51. The molecule has 88 valence electrons. The van der Waals surface area contributed by atoms with Gasteiger partial charge in [0.25, 0.3) is 0 Å². The summed E-state index contributed by atoms with van der Waals surface area (Å²) in [5.41, 5.74) is -0.539. The first kappa shape index (κ1) is 13.0. The van der Waals surface area contributed by atoms with Crippen molar-refractivity contribution in [1.29, 1.82) is 0 Å². The fourth-order valence-corrected chi connectivity index (χ4v) is 2.33. The number of methoxy groups -OCH3 is 2. The van der Waals surface area contributed by atoms with Crippen LogP contribution in [-0.4, -0.2) is 57.6 Å². The van der Waals surface area contributed by atoms with Crippen molar-refractivity contribution in [3.63, 3.8) is 0 Å². The maximum Gasteiger partial charge on any atom is 0.142 e. The lowest BCUT2D eigenvalue weighted by Gasteiger charge is -2.37. The second kappa shape index (κ2) is 4.83. The molecule has 0 aromatic rings. The van der Waals surface area contributed by atoms with Gasteiger partial charge in [0.15, 0.2) is 0 Å². The Morgan fingerprint density at radius 1 is 1.47 bits per heavy atom. The topological polar surface area (TPSA) is 47.9 Å². The van der Waals surface area contributed by atoms with E-state index in [1.165, 1.54) is 0 Å². The van der Waals surface area contributed by atoms with Crippen LogP contribution >= 0.6 is 0 Å². The van der Waals surface area contributed by atoms with Crippen molar-refractivity contribution in [2.45, 2.75) is 37.7 Å². The molecule has 0 aromatic carbocycles. The van der Waals surface area contributed by atoms with Gasteiger partial charge in [-0.3, -0.25) is 0 Å². The zero-order valence-electron chi connectivity index (χ0n) is 10.2. The summed E-state index contributed by atoms with van der Waals surface area (Å²) >= 11 is 0. The van der Waals surface area contributed by atoms with Crippen molar-refractivity contribution >= 4 is 7.85 Å². The van der Waals surface area contributed by atoms with E-state index in [4.69, 9.17) is 14.2 Å². The van der Waals surface area contributed by atoms with Gasteiger partial charge in [-0.25, -0.2) is 0 Å². The van der Waals surface area contributed by atoms with E-state index in [-0.39, 0.29) is 18.0 Å². The van der Waals surface area contributed by atoms with E-state index in [1.54, 1.807) is 14.2 Å². The van der Waals surface area contributed by atoms with E-state index in [2.05, 4.69) is 13.8 Å². The molecule has 0 aromatic heterocycles. The van der Waals surface area contributed by atoms with Gasteiger partial charge < -0.3 is 19.3 Å². The summed E-state index contributed by atoms with van der Waals surface area (Å²) in [6.07, 6.45) is -0.917. The van der Waals surface area contributed by atoms with E-state index >= 15 is 0 Å². The Labute approximate surface area is 92.3 Å². The fourth-order valence-electron chi connectivity index (χ4n) is 2.33. The monoisotopic (exact) mass is 216 g/mol. The first-order valence-corrected chi connectivity index (χ1v) is 5.37. The predicted molar refractivity (Wildman–Crippen MR) is 59.7 cm³/mol. The summed E-state index contributed by atoms with van der Waals surface area (Å²) in [5.74, 6) is 0.224. The van der Waals surface area contributed by atoms with E-state index in [0.717, 1.165) is 0 Å². The number of ether oxygens (including phenoxy) is 3. The van der Waals surface area contributed by atoms with Crippen LogP contribution in [0.1, 0.15) is 13.8 Å². The highest BCUT2D eigenvalue weighted by Gasteiger charge is 2.55. The molecule has 0 radical (unpaired) electrons. The Hall–Kier alpha value is -0.0951. The molecule has 4 atom stereocenters. The average Bonchev–Trinajstić information content (AvgIpc) is 2.41. The molecule has 0 amide bonds. The van der Waals surface area contributed by atoms with Crippen molar-refractivity contribution in [3.8, 4) is 0 Å². The van der Waals surface area contributed by atoms with Crippen LogP contribution in [0.25, 0.3) is 0 Å². The van der Waals surface area contributed by atoms with Gasteiger partial charge in [-0.2, -0.15) is 0 Å². The number of aliphatic hydroxyl groups excluding tert-OH is 1. The number of hydrogen-bond donors (Lipinski definition) is 1. The molecule has 0 bridgehead atoms. The lowest BCUT2D eigenvalue weighted by atomic mass is 9.83. The molecule has 1 N–H and O–H groups in total.